The van der Waals surface area contributed by atoms with Crippen molar-refractivity contribution in [2.45, 2.75) is 6.42 Å². The van der Waals surface area contributed by atoms with Crippen molar-refractivity contribution < 1.29 is 14.3 Å². The fourth-order valence-corrected chi connectivity index (χ4v) is 3.60. The monoisotopic (exact) mass is 308 g/mol. The first kappa shape index (κ1) is 13.2. The second kappa shape index (κ2) is 5.07. The van der Waals surface area contributed by atoms with Gasteiger partial charge in [0.2, 0.25) is 0 Å². The van der Waals surface area contributed by atoms with Crippen LogP contribution >= 0.6 is 11.3 Å². The number of ketones is 1. The molecule has 0 bridgehead atoms. The molecule has 22 heavy (non-hydrogen) atoms. The summed E-state index contributed by atoms with van der Waals surface area (Å²) in [7, 11) is 0. The van der Waals surface area contributed by atoms with Crippen LogP contribution in [0.25, 0.3) is 10.8 Å². The molecule has 0 saturated heterocycles. The maximum Gasteiger partial charge on any atom is 0.322 e. The van der Waals surface area contributed by atoms with Gasteiger partial charge in [0, 0.05) is 5.56 Å². The normalized spacial score (nSPS) is 17.1. The number of carbonyl (C=O) groups excluding carboxylic acids is 2. The molecule has 0 radical (unpaired) electrons. The number of carbonyl (C=O) groups is 2. The third-order valence-corrected chi connectivity index (χ3v) is 4.87. The van der Waals surface area contributed by atoms with Crippen molar-refractivity contribution in [1.29, 1.82) is 0 Å². The van der Waals surface area contributed by atoms with Crippen LogP contribution in [0.5, 0.6) is 5.75 Å². The lowest BCUT2D eigenvalue weighted by atomic mass is 9.89. The topological polar surface area (TPSA) is 43.4 Å². The van der Waals surface area contributed by atoms with Crippen molar-refractivity contribution in [3.8, 4) is 5.75 Å². The number of benzene rings is 2. The lowest BCUT2D eigenvalue weighted by molar-refractivity contribution is -0.138. The van der Waals surface area contributed by atoms with E-state index >= 15 is 0 Å². The van der Waals surface area contributed by atoms with Crippen LogP contribution in [0.15, 0.2) is 53.9 Å². The number of hydrogen-bond acceptors (Lipinski definition) is 4. The van der Waals surface area contributed by atoms with Crippen LogP contribution in [0, 0.1) is 5.92 Å². The molecule has 2 heterocycles. The maximum absolute atomic E-state index is 12.5. The average molecular weight is 308 g/mol. The average Bonchev–Trinajstić information content (AvgIpc) is 3.08. The summed E-state index contributed by atoms with van der Waals surface area (Å²) in [5, 5.41) is 3.96. The van der Waals surface area contributed by atoms with E-state index in [1.54, 1.807) is 12.1 Å². The van der Waals surface area contributed by atoms with E-state index in [-0.39, 0.29) is 5.78 Å². The molecule has 4 rings (SSSR count). The maximum atomic E-state index is 12.5. The quantitative estimate of drug-likeness (QED) is 0.312. The van der Waals surface area contributed by atoms with Crippen LogP contribution < -0.4 is 4.74 Å². The van der Waals surface area contributed by atoms with Crippen molar-refractivity contribution in [1.82, 2.24) is 0 Å². The number of ether oxygens (including phenoxy) is 1. The van der Waals surface area contributed by atoms with Crippen molar-refractivity contribution in [3.05, 3.63) is 64.4 Å². The summed E-state index contributed by atoms with van der Waals surface area (Å²) in [5.74, 6) is -0.796. The molecule has 1 aliphatic heterocycles. The molecule has 1 atom stereocenters. The highest BCUT2D eigenvalue weighted by Crippen LogP contribution is 2.35. The fourth-order valence-electron chi connectivity index (χ4n) is 2.88. The Balaban J connectivity index is 1.79. The van der Waals surface area contributed by atoms with E-state index in [4.69, 9.17) is 4.74 Å². The van der Waals surface area contributed by atoms with Gasteiger partial charge in [-0.05, 0) is 34.7 Å². The Morgan fingerprint density at radius 1 is 1.09 bits per heavy atom. The third-order valence-electron chi connectivity index (χ3n) is 3.98. The van der Waals surface area contributed by atoms with E-state index in [0.717, 1.165) is 16.3 Å². The zero-order valence-electron chi connectivity index (χ0n) is 11.6. The first-order valence-corrected chi connectivity index (χ1v) is 7.92. The molecule has 1 aliphatic rings. The van der Waals surface area contributed by atoms with Crippen LogP contribution in [0.4, 0.5) is 0 Å². The minimum atomic E-state index is -0.753. The van der Waals surface area contributed by atoms with Gasteiger partial charge in [0.05, 0.1) is 4.88 Å². The fraction of sp³-hybridized carbons (Fsp3) is 0.111. The summed E-state index contributed by atoms with van der Waals surface area (Å²) in [6, 6.07) is 15.2. The lowest BCUT2D eigenvalue weighted by Gasteiger charge is -2.23. The van der Waals surface area contributed by atoms with E-state index in [2.05, 4.69) is 0 Å². The lowest BCUT2D eigenvalue weighted by Crippen LogP contribution is -2.33. The van der Waals surface area contributed by atoms with Gasteiger partial charge in [0.1, 0.15) is 11.7 Å². The number of Topliss-reactive ketones (excluding diaryl/α,β-unsaturated/α-hetero) is 1. The molecule has 4 heteroatoms. The van der Waals surface area contributed by atoms with Gasteiger partial charge in [-0.3, -0.25) is 9.59 Å². The number of hydrogen-bond donors (Lipinski definition) is 0. The SMILES string of the molecule is O=C1Oc2ccc3ccccc3c2CC1C(=O)c1cccs1. The number of rotatable bonds is 2. The molecule has 1 aromatic heterocycles. The Bertz CT molecular complexity index is 880. The van der Waals surface area contributed by atoms with Crippen LogP contribution in [-0.2, 0) is 11.2 Å². The molecule has 3 nitrogen and oxygen atoms in total. The minimum absolute atomic E-state index is 0.154. The van der Waals surface area contributed by atoms with Crippen LogP contribution in [0.3, 0.4) is 0 Å². The summed E-state index contributed by atoms with van der Waals surface area (Å²) in [5.41, 5.74) is 0.938. The standard InChI is InChI=1S/C18H12O3S/c19-17(16-6-3-9-22-16)14-10-13-12-5-2-1-4-11(12)7-8-15(13)21-18(14)20/h1-9,14H,10H2. The first-order valence-electron chi connectivity index (χ1n) is 7.04. The largest absolute Gasteiger partial charge is 0.426 e. The highest BCUT2D eigenvalue weighted by molar-refractivity contribution is 7.12. The minimum Gasteiger partial charge on any atom is -0.426 e. The van der Waals surface area contributed by atoms with Gasteiger partial charge in [-0.25, -0.2) is 0 Å². The molecule has 0 aliphatic carbocycles. The Morgan fingerprint density at radius 2 is 1.95 bits per heavy atom. The molecule has 3 aromatic rings. The van der Waals surface area contributed by atoms with Gasteiger partial charge in [0.15, 0.2) is 5.78 Å². The summed E-state index contributed by atoms with van der Waals surface area (Å²) >= 11 is 1.35. The predicted molar refractivity (Wildman–Crippen MR) is 85.4 cm³/mol. The van der Waals surface area contributed by atoms with Gasteiger partial charge in [-0.2, -0.15) is 0 Å². The van der Waals surface area contributed by atoms with E-state index < -0.39 is 11.9 Å². The Kier molecular flexibility index (Phi) is 3.05. The Labute approximate surface area is 131 Å². The van der Waals surface area contributed by atoms with E-state index in [9.17, 15) is 9.59 Å². The van der Waals surface area contributed by atoms with Crippen LogP contribution in [0.2, 0.25) is 0 Å². The highest BCUT2D eigenvalue weighted by atomic mass is 32.1. The molecule has 0 spiro atoms. The molecule has 2 aromatic carbocycles. The molecule has 0 amide bonds. The molecule has 0 fully saturated rings. The molecule has 1 unspecified atom stereocenters. The summed E-state index contributed by atoms with van der Waals surface area (Å²) in [6.07, 6.45) is 0.395. The number of esters is 1. The molecule has 0 saturated carbocycles. The highest BCUT2D eigenvalue weighted by Gasteiger charge is 2.35. The van der Waals surface area contributed by atoms with E-state index in [1.807, 2.05) is 41.8 Å². The number of thiophene rings is 1. The van der Waals surface area contributed by atoms with Gasteiger partial charge in [0.25, 0.3) is 0 Å². The van der Waals surface area contributed by atoms with Gasteiger partial charge in [-0.1, -0.05) is 36.4 Å². The van der Waals surface area contributed by atoms with Crippen LogP contribution in [0.1, 0.15) is 15.2 Å². The van der Waals surface area contributed by atoms with Crippen molar-refractivity contribution in [2.75, 3.05) is 0 Å². The number of fused-ring (bicyclic) bond motifs is 3. The molecule has 0 N–H and O–H groups in total. The van der Waals surface area contributed by atoms with Crippen molar-refractivity contribution in [2.24, 2.45) is 5.92 Å². The van der Waals surface area contributed by atoms with E-state index in [0.29, 0.717) is 17.0 Å². The van der Waals surface area contributed by atoms with Crippen LogP contribution in [-0.4, -0.2) is 11.8 Å². The molecular formula is C18H12O3S. The van der Waals surface area contributed by atoms with Gasteiger partial charge < -0.3 is 4.74 Å². The smallest absolute Gasteiger partial charge is 0.322 e. The molecular weight excluding hydrogens is 296 g/mol. The second-order valence-corrected chi connectivity index (χ2v) is 6.23. The zero-order valence-corrected chi connectivity index (χ0v) is 12.4. The summed E-state index contributed by atoms with van der Waals surface area (Å²) < 4.78 is 5.42. The van der Waals surface area contributed by atoms with Gasteiger partial charge >= 0.3 is 5.97 Å². The Morgan fingerprint density at radius 3 is 2.77 bits per heavy atom. The molecule has 108 valence electrons. The van der Waals surface area contributed by atoms with E-state index in [1.165, 1.54) is 11.3 Å². The van der Waals surface area contributed by atoms with Crippen molar-refractivity contribution in [3.63, 3.8) is 0 Å². The summed E-state index contributed by atoms with van der Waals surface area (Å²) in [4.78, 5) is 25.3. The summed E-state index contributed by atoms with van der Waals surface area (Å²) in [6.45, 7) is 0. The van der Waals surface area contributed by atoms with Crippen molar-refractivity contribution >= 4 is 33.9 Å². The second-order valence-electron chi connectivity index (χ2n) is 5.28. The predicted octanol–water partition coefficient (Wildman–Crippen LogP) is 3.86. The Hall–Kier alpha value is -2.46. The van der Waals surface area contributed by atoms with Gasteiger partial charge in [-0.15, -0.1) is 11.3 Å². The third kappa shape index (κ3) is 2.04. The zero-order chi connectivity index (χ0) is 15.1. The first-order chi connectivity index (χ1) is 10.7.